The van der Waals surface area contributed by atoms with Gasteiger partial charge in [-0.2, -0.15) is 0 Å². The lowest BCUT2D eigenvalue weighted by Gasteiger charge is -2.24. The summed E-state index contributed by atoms with van der Waals surface area (Å²) in [7, 11) is 1.66. The summed E-state index contributed by atoms with van der Waals surface area (Å²) in [5, 5.41) is 7.82. The van der Waals surface area contributed by atoms with E-state index in [1.807, 2.05) is 36.4 Å². The Labute approximate surface area is 192 Å². The summed E-state index contributed by atoms with van der Waals surface area (Å²) >= 11 is 0. The van der Waals surface area contributed by atoms with Crippen LogP contribution >= 0.6 is 0 Å². The number of para-hydroxylation sites is 1. The van der Waals surface area contributed by atoms with Crippen LogP contribution in [-0.2, 0) is 13.0 Å². The van der Waals surface area contributed by atoms with Crippen LogP contribution in [-0.4, -0.2) is 55.3 Å². The zero-order valence-corrected chi connectivity index (χ0v) is 20.1. The summed E-state index contributed by atoms with van der Waals surface area (Å²) in [6.45, 7) is 12.6. The number of ether oxygens (including phenoxy) is 2. The Bertz CT molecular complexity index is 888. The Morgan fingerprint density at radius 2 is 1.78 bits per heavy atom. The highest BCUT2D eigenvalue weighted by Gasteiger charge is 2.30. The van der Waals surface area contributed by atoms with Crippen molar-refractivity contribution in [1.82, 2.24) is 15.3 Å². The Balaban J connectivity index is 1.80. The first-order valence-electron chi connectivity index (χ1n) is 11.6. The van der Waals surface area contributed by atoms with E-state index >= 15 is 0 Å². The molecule has 0 aromatic heterocycles. The lowest BCUT2D eigenvalue weighted by molar-refractivity contribution is 0.0388. The molecular formula is C26H37N3O3. The molecule has 0 aliphatic carbocycles. The first-order valence-corrected chi connectivity index (χ1v) is 11.6. The number of rotatable bonds is 10. The summed E-state index contributed by atoms with van der Waals surface area (Å²) in [6, 6.07) is 13.8. The molecular weight excluding hydrogens is 402 g/mol. The van der Waals surface area contributed by atoms with Crippen LogP contribution in [0.1, 0.15) is 49.2 Å². The van der Waals surface area contributed by atoms with Gasteiger partial charge < -0.3 is 14.8 Å². The predicted molar refractivity (Wildman–Crippen MR) is 128 cm³/mol. The number of benzene rings is 2. The van der Waals surface area contributed by atoms with E-state index in [1.165, 1.54) is 0 Å². The fourth-order valence-corrected chi connectivity index (χ4v) is 4.26. The molecule has 0 unspecified atom stereocenters. The van der Waals surface area contributed by atoms with E-state index in [9.17, 15) is 4.79 Å². The molecule has 6 heteroatoms. The first kappa shape index (κ1) is 24.1. The molecule has 2 aromatic carbocycles. The van der Waals surface area contributed by atoms with Gasteiger partial charge in [-0.25, -0.2) is 10.0 Å². The van der Waals surface area contributed by atoms with E-state index in [-0.39, 0.29) is 11.9 Å². The highest BCUT2D eigenvalue weighted by atomic mass is 16.5. The van der Waals surface area contributed by atoms with Gasteiger partial charge in [0.25, 0.3) is 5.91 Å². The smallest absolute Gasteiger partial charge is 0.255 e. The van der Waals surface area contributed by atoms with E-state index in [2.05, 4.69) is 49.1 Å². The van der Waals surface area contributed by atoms with E-state index in [0.717, 1.165) is 49.5 Å². The summed E-state index contributed by atoms with van der Waals surface area (Å²) in [5.74, 6) is 1.86. The molecule has 1 amide bonds. The number of nitrogens with zero attached hydrogens (tertiary/aromatic N) is 2. The van der Waals surface area contributed by atoms with Crippen LogP contribution in [0.2, 0.25) is 0 Å². The maximum atomic E-state index is 13.3. The first-order chi connectivity index (χ1) is 15.4. The number of hydrazine groups is 1. The van der Waals surface area contributed by atoms with Crippen LogP contribution in [0.5, 0.6) is 11.5 Å². The molecule has 0 bridgehead atoms. The zero-order valence-electron chi connectivity index (χ0n) is 20.1. The molecule has 1 heterocycles. The van der Waals surface area contributed by atoms with Crippen molar-refractivity contribution in [2.75, 3.05) is 33.3 Å². The minimum absolute atomic E-state index is 0.0738. The topological polar surface area (TPSA) is 54.0 Å². The number of hydrogen-bond donors (Lipinski definition) is 1. The minimum atomic E-state index is -0.0738. The van der Waals surface area contributed by atoms with Gasteiger partial charge >= 0.3 is 0 Å². The normalized spacial score (nSPS) is 15.3. The van der Waals surface area contributed by atoms with Gasteiger partial charge in [-0.1, -0.05) is 52.0 Å². The Morgan fingerprint density at radius 3 is 2.41 bits per heavy atom. The third-order valence-electron chi connectivity index (χ3n) is 5.81. The van der Waals surface area contributed by atoms with Crippen LogP contribution in [0.15, 0.2) is 42.5 Å². The third kappa shape index (κ3) is 6.02. The van der Waals surface area contributed by atoms with Crippen molar-refractivity contribution in [2.45, 2.75) is 46.8 Å². The number of amides is 1. The largest absolute Gasteiger partial charge is 0.497 e. The molecule has 32 heavy (non-hydrogen) atoms. The number of methoxy groups -OCH3 is 1. The lowest BCUT2D eigenvalue weighted by Crippen LogP contribution is -2.38. The molecule has 1 aliphatic rings. The average molecular weight is 440 g/mol. The molecule has 1 fully saturated rings. The van der Waals surface area contributed by atoms with E-state index in [4.69, 9.17) is 9.47 Å². The number of carbonyl (C=O) groups excluding carboxylic acids is 1. The van der Waals surface area contributed by atoms with Crippen LogP contribution in [0.4, 0.5) is 0 Å². The van der Waals surface area contributed by atoms with Gasteiger partial charge in [0, 0.05) is 26.2 Å². The molecule has 0 saturated carbocycles. The molecule has 0 atom stereocenters. The average Bonchev–Trinajstić information content (AvgIpc) is 3.19. The molecule has 1 N–H and O–H groups in total. The van der Waals surface area contributed by atoms with Gasteiger partial charge in [0.1, 0.15) is 18.1 Å². The molecule has 6 nitrogen and oxygen atoms in total. The van der Waals surface area contributed by atoms with Crippen molar-refractivity contribution >= 4 is 5.91 Å². The van der Waals surface area contributed by atoms with Crippen LogP contribution in [0, 0.1) is 5.92 Å². The molecule has 3 rings (SSSR count). The Hall–Kier alpha value is -2.57. The predicted octanol–water partition coefficient (Wildman–Crippen LogP) is 4.14. The lowest BCUT2D eigenvalue weighted by atomic mass is 9.99. The maximum absolute atomic E-state index is 13.3. The van der Waals surface area contributed by atoms with Crippen LogP contribution < -0.4 is 14.8 Å². The van der Waals surface area contributed by atoms with Gasteiger partial charge in [0.2, 0.25) is 0 Å². The molecule has 0 spiro atoms. The summed E-state index contributed by atoms with van der Waals surface area (Å²) in [5.41, 5.74) is 2.67. The monoisotopic (exact) mass is 439 g/mol. The van der Waals surface area contributed by atoms with Crippen molar-refractivity contribution in [1.29, 1.82) is 0 Å². The van der Waals surface area contributed by atoms with E-state index in [1.54, 1.807) is 7.11 Å². The number of likely N-dealkylation sites (N-methyl/N-ethyl adjacent to an activating group) is 2. The third-order valence-corrected chi connectivity index (χ3v) is 5.81. The fourth-order valence-electron chi connectivity index (χ4n) is 4.26. The second-order valence-corrected chi connectivity index (χ2v) is 8.71. The van der Waals surface area contributed by atoms with Crippen LogP contribution in [0.25, 0.3) is 0 Å². The highest BCUT2D eigenvalue weighted by Crippen LogP contribution is 2.28. The molecule has 0 radical (unpaired) electrons. The summed E-state index contributed by atoms with van der Waals surface area (Å²) in [4.78, 5) is 13.3. The molecule has 174 valence electrons. The second kappa shape index (κ2) is 11.3. The summed E-state index contributed by atoms with van der Waals surface area (Å²) in [6.07, 6.45) is 0.852. The Kier molecular flexibility index (Phi) is 8.53. The Morgan fingerprint density at radius 1 is 1.09 bits per heavy atom. The van der Waals surface area contributed by atoms with Gasteiger partial charge in [-0.3, -0.25) is 4.79 Å². The quantitative estimate of drug-likeness (QED) is 0.603. The standard InChI is InChI=1S/C26H37N3O3/c1-6-28-16-22(17-29(28)7-2)27-26(30)24-13-9-11-21(14-19(3)4)25(24)32-18-20-10-8-12-23(15-20)31-5/h8-13,15,19,22H,6-7,14,16-18H2,1-5H3,(H,27,30). The van der Waals surface area contributed by atoms with Gasteiger partial charge in [0.15, 0.2) is 0 Å². The minimum Gasteiger partial charge on any atom is -0.497 e. The van der Waals surface area contributed by atoms with Crippen molar-refractivity contribution in [3.8, 4) is 11.5 Å². The molecule has 1 aliphatic heterocycles. The number of carbonyl (C=O) groups is 1. The fraction of sp³-hybridized carbons (Fsp3) is 0.500. The molecule has 2 aromatic rings. The highest BCUT2D eigenvalue weighted by molar-refractivity contribution is 5.97. The second-order valence-electron chi connectivity index (χ2n) is 8.71. The van der Waals surface area contributed by atoms with E-state index in [0.29, 0.717) is 23.8 Å². The van der Waals surface area contributed by atoms with Crippen molar-refractivity contribution in [3.05, 3.63) is 59.2 Å². The van der Waals surface area contributed by atoms with Crippen molar-refractivity contribution in [2.24, 2.45) is 5.92 Å². The summed E-state index contributed by atoms with van der Waals surface area (Å²) < 4.78 is 11.6. The van der Waals surface area contributed by atoms with E-state index < -0.39 is 0 Å². The van der Waals surface area contributed by atoms with Gasteiger partial charge in [0.05, 0.1) is 18.7 Å². The van der Waals surface area contributed by atoms with Crippen molar-refractivity contribution < 1.29 is 14.3 Å². The maximum Gasteiger partial charge on any atom is 0.255 e. The SMILES string of the molecule is CCN1CC(NC(=O)c2cccc(CC(C)C)c2OCc2cccc(OC)c2)CN1CC. The van der Waals surface area contributed by atoms with Crippen molar-refractivity contribution in [3.63, 3.8) is 0 Å². The number of hydrogen-bond acceptors (Lipinski definition) is 5. The van der Waals surface area contributed by atoms with Gasteiger partial charge in [-0.15, -0.1) is 0 Å². The zero-order chi connectivity index (χ0) is 23.1. The van der Waals surface area contributed by atoms with Gasteiger partial charge in [-0.05, 0) is 41.7 Å². The van der Waals surface area contributed by atoms with Crippen LogP contribution in [0.3, 0.4) is 0 Å². The molecule has 1 saturated heterocycles. The number of nitrogens with one attached hydrogen (secondary N) is 1.